The van der Waals surface area contributed by atoms with Crippen LogP contribution in [-0.4, -0.2) is 19.1 Å². The van der Waals surface area contributed by atoms with Crippen LogP contribution in [0.4, 0.5) is 0 Å². The molecular weight excluding hydrogens is 745 g/mol. The van der Waals surface area contributed by atoms with Crippen molar-refractivity contribution >= 4 is 98.1 Å². The molecule has 4 heterocycles. The van der Waals surface area contributed by atoms with E-state index in [0.717, 1.165) is 72.3 Å². The fourth-order valence-corrected chi connectivity index (χ4v) is 10.3. The van der Waals surface area contributed by atoms with E-state index in [2.05, 4.69) is 173 Å². The minimum absolute atomic E-state index is 0.777. The Bertz CT molecular complexity index is 4100. The summed E-state index contributed by atoms with van der Waals surface area (Å²) in [5, 5.41) is 11.8. The van der Waals surface area contributed by atoms with Crippen LogP contribution in [0, 0.1) is 0 Å². The van der Waals surface area contributed by atoms with Crippen molar-refractivity contribution in [2.75, 3.05) is 0 Å². The number of fused-ring (bicyclic) bond motifs is 7. The van der Waals surface area contributed by atoms with Gasteiger partial charge in [0, 0.05) is 43.6 Å². The van der Waals surface area contributed by atoms with E-state index in [1.807, 2.05) is 30.3 Å². The first-order valence-electron chi connectivity index (χ1n) is 20.8. The van der Waals surface area contributed by atoms with Gasteiger partial charge in [-0.1, -0.05) is 127 Å². The van der Waals surface area contributed by atoms with Gasteiger partial charge in [-0.05, 0) is 99.4 Å². The van der Waals surface area contributed by atoms with Crippen LogP contribution in [0.25, 0.3) is 132 Å². The molecule has 4 aromatic heterocycles. The number of para-hydroxylation sites is 4. The Kier molecular flexibility index (Phi) is 6.49. The van der Waals surface area contributed by atoms with Crippen molar-refractivity contribution in [3.05, 3.63) is 194 Å². The van der Waals surface area contributed by atoms with Crippen molar-refractivity contribution in [3.63, 3.8) is 0 Å². The Labute approximate surface area is 348 Å². The topological polar surface area (TPSA) is 48.8 Å². The van der Waals surface area contributed by atoms with Crippen molar-refractivity contribution in [2.24, 2.45) is 0 Å². The molecule has 0 bridgehead atoms. The fourth-order valence-electron chi connectivity index (χ4n) is 10.3. The van der Waals surface area contributed by atoms with Gasteiger partial charge in [-0.2, -0.15) is 0 Å². The lowest BCUT2D eigenvalue weighted by molar-refractivity contribution is 0.669. The molecule has 282 valence electrons. The molecule has 0 saturated heterocycles. The predicted molar refractivity (Wildman–Crippen MR) is 253 cm³/mol. The molecule has 0 aliphatic heterocycles. The van der Waals surface area contributed by atoms with Crippen molar-refractivity contribution in [1.82, 2.24) is 19.1 Å². The molecule has 0 amide bonds. The Balaban J connectivity index is 1.22. The van der Waals surface area contributed by atoms with Crippen LogP contribution < -0.4 is 0 Å². The van der Waals surface area contributed by atoms with Gasteiger partial charge in [0.25, 0.3) is 0 Å². The highest BCUT2D eigenvalue weighted by Crippen LogP contribution is 2.49. The second kappa shape index (κ2) is 12.1. The van der Waals surface area contributed by atoms with E-state index in [9.17, 15) is 0 Å². The smallest absolute Gasteiger partial charge is 0.165 e. The average Bonchev–Trinajstić information content (AvgIpc) is 3.99. The second-order valence-electron chi connectivity index (χ2n) is 16.1. The van der Waals surface area contributed by atoms with Crippen molar-refractivity contribution < 1.29 is 4.42 Å². The molecule has 14 rings (SSSR count). The summed E-state index contributed by atoms with van der Waals surface area (Å²) >= 11 is 0. The molecule has 14 aromatic rings. The molecule has 0 unspecified atom stereocenters. The van der Waals surface area contributed by atoms with E-state index < -0.39 is 0 Å². The normalized spacial score (nSPS) is 12.3. The standard InChI is InChI=1S/C56H32N4O/c1-3-15-33(16-4-1)34-31-41-37-20-8-7-19-36(37)38-22-13-26-44-51(38)54-46(30-29-45-53(54)52(41)47(32-34)59(45)35-17-5-2-6-18-35)60(44)56-55(57-42-24-10-11-25-43(42)58-56)40-23-14-28-49-50(40)39-21-9-12-27-48(39)61-49/h1-32H. The van der Waals surface area contributed by atoms with E-state index in [1.54, 1.807) is 0 Å². The third-order valence-electron chi connectivity index (χ3n) is 12.8. The van der Waals surface area contributed by atoms with E-state index in [-0.39, 0.29) is 0 Å². The van der Waals surface area contributed by atoms with E-state index >= 15 is 0 Å². The van der Waals surface area contributed by atoms with E-state index in [4.69, 9.17) is 14.4 Å². The molecule has 0 radical (unpaired) electrons. The zero-order chi connectivity index (χ0) is 39.8. The Hall–Kier alpha value is -8.28. The quantitative estimate of drug-likeness (QED) is 0.179. The first kappa shape index (κ1) is 32.7. The largest absolute Gasteiger partial charge is 0.456 e. The molecular formula is C56H32N4O. The van der Waals surface area contributed by atoms with Gasteiger partial charge in [0.15, 0.2) is 5.82 Å². The van der Waals surface area contributed by atoms with Gasteiger partial charge in [-0.3, -0.25) is 4.57 Å². The first-order valence-corrected chi connectivity index (χ1v) is 20.8. The Morgan fingerprint density at radius 2 is 0.934 bits per heavy atom. The van der Waals surface area contributed by atoms with Gasteiger partial charge in [-0.25, -0.2) is 9.97 Å². The van der Waals surface area contributed by atoms with Crippen molar-refractivity contribution in [1.29, 1.82) is 0 Å². The average molecular weight is 777 g/mol. The fraction of sp³-hybridized carbons (Fsp3) is 0. The maximum Gasteiger partial charge on any atom is 0.165 e. The van der Waals surface area contributed by atoms with Crippen LogP contribution in [0.3, 0.4) is 0 Å². The molecule has 0 atom stereocenters. The maximum absolute atomic E-state index is 6.45. The minimum atomic E-state index is 0.777. The molecule has 0 saturated carbocycles. The predicted octanol–water partition coefficient (Wildman–Crippen LogP) is 14.8. The molecule has 5 nitrogen and oxygen atoms in total. The zero-order valence-electron chi connectivity index (χ0n) is 32.7. The van der Waals surface area contributed by atoms with Crippen molar-refractivity contribution in [3.8, 4) is 33.9 Å². The Morgan fingerprint density at radius 1 is 0.344 bits per heavy atom. The number of benzene rings is 9. The molecule has 10 aromatic carbocycles. The number of nitrogens with zero attached hydrogens (tertiary/aromatic N) is 4. The summed E-state index contributed by atoms with van der Waals surface area (Å²) in [6, 6.07) is 69.4. The summed E-state index contributed by atoms with van der Waals surface area (Å²) < 4.78 is 11.3. The van der Waals surface area contributed by atoms with Crippen LogP contribution in [0.2, 0.25) is 0 Å². The Morgan fingerprint density at radius 3 is 1.74 bits per heavy atom. The molecule has 0 N–H and O–H groups in total. The van der Waals surface area contributed by atoms with Gasteiger partial charge >= 0.3 is 0 Å². The van der Waals surface area contributed by atoms with Gasteiger partial charge in [0.1, 0.15) is 16.9 Å². The highest BCUT2D eigenvalue weighted by atomic mass is 16.3. The highest BCUT2D eigenvalue weighted by molar-refractivity contribution is 6.39. The maximum atomic E-state index is 6.45. The van der Waals surface area contributed by atoms with Gasteiger partial charge < -0.3 is 8.98 Å². The molecule has 5 heteroatoms. The zero-order valence-corrected chi connectivity index (χ0v) is 32.7. The first-order chi connectivity index (χ1) is 30.3. The lowest BCUT2D eigenvalue weighted by atomic mass is 9.92. The van der Waals surface area contributed by atoms with Gasteiger partial charge in [0.05, 0.1) is 33.1 Å². The molecule has 0 aliphatic carbocycles. The number of aromatic nitrogens is 4. The van der Waals surface area contributed by atoms with Crippen LogP contribution >= 0.6 is 0 Å². The van der Waals surface area contributed by atoms with E-state index in [0.29, 0.717) is 0 Å². The molecule has 0 aliphatic rings. The van der Waals surface area contributed by atoms with Crippen LogP contribution in [0.15, 0.2) is 199 Å². The number of furan rings is 1. The molecule has 0 fully saturated rings. The lowest BCUT2D eigenvalue weighted by Crippen LogP contribution is -2.04. The summed E-state index contributed by atoms with van der Waals surface area (Å²) in [5.74, 6) is 0.777. The lowest BCUT2D eigenvalue weighted by Gasteiger charge is -2.14. The SMILES string of the molecule is c1ccc(-c2cc3c4ccccc4c4cccc5c4c4c6c3c(c2)n(-c2ccccc2)c6ccc4n5-c2nc3ccccc3nc2-c2cccc3oc4ccccc4c23)cc1. The summed E-state index contributed by atoms with van der Waals surface area (Å²) in [4.78, 5) is 11.1. The number of rotatable bonds is 4. The van der Waals surface area contributed by atoms with Crippen molar-refractivity contribution in [2.45, 2.75) is 0 Å². The summed E-state index contributed by atoms with van der Waals surface area (Å²) in [7, 11) is 0. The summed E-state index contributed by atoms with van der Waals surface area (Å²) in [5.41, 5.74) is 13.1. The number of hydrogen-bond donors (Lipinski definition) is 0. The van der Waals surface area contributed by atoms with Gasteiger partial charge in [-0.15, -0.1) is 0 Å². The monoisotopic (exact) mass is 776 g/mol. The second-order valence-corrected chi connectivity index (χ2v) is 16.1. The van der Waals surface area contributed by atoms with Crippen LogP contribution in [0.1, 0.15) is 0 Å². The molecule has 61 heavy (non-hydrogen) atoms. The third-order valence-corrected chi connectivity index (χ3v) is 12.8. The van der Waals surface area contributed by atoms with Gasteiger partial charge in [0.2, 0.25) is 0 Å². The summed E-state index contributed by atoms with van der Waals surface area (Å²) in [6.45, 7) is 0. The van der Waals surface area contributed by atoms with E-state index in [1.165, 1.54) is 59.7 Å². The third kappa shape index (κ3) is 4.44. The van der Waals surface area contributed by atoms with Crippen LogP contribution in [-0.2, 0) is 0 Å². The van der Waals surface area contributed by atoms with Crippen LogP contribution in [0.5, 0.6) is 0 Å². The molecule has 0 spiro atoms. The summed E-state index contributed by atoms with van der Waals surface area (Å²) in [6.07, 6.45) is 0. The highest BCUT2D eigenvalue weighted by Gasteiger charge is 2.27. The number of hydrogen-bond acceptors (Lipinski definition) is 3. The minimum Gasteiger partial charge on any atom is -0.456 e.